The van der Waals surface area contributed by atoms with Gasteiger partial charge in [-0.05, 0) is 32.4 Å². The molecular formula is C17H24N4OS. The van der Waals surface area contributed by atoms with Crippen LogP contribution in [0.15, 0.2) is 41.5 Å². The van der Waals surface area contributed by atoms with Crippen molar-refractivity contribution >= 4 is 17.3 Å². The number of benzene rings is 1. The summed E-state index contributed by atoms with van der Waals surface area (Å²) in [7, 11) is 0. The molecule has 0 aliphatic rings. The Balaban J connectivity index is 1.69. The third kappa shape index (κ3) is 6.69. The number of ether oxygens (including phenoxy) is 1. The normalized spacial score (nSPS) is 11.3. The molecule has 2 N–H and O–H groups in total. The van der Waals surface area contributed by atoms with Gasteiger partial charge in [0.1, 0.15) is 5.75 Å². The summed E-state index contributed by atoms with van der Waals surface area (Å²) in [5.74, 6) is 1.74. The molecule has 23 heavy (non-hydrogen) atoms. The van der Waals surface area contributed by atoms with Crippen LogP contribution in [-0.2, 0) is 6.54 Å². The van der Waals surface area contributed by atoms with Gasteiger partial charge in [-0.3, -0.25) is 0 Å². The monoisotopic (exact) mass is 332 g/mol. The molecule has 1 aromatic heterocycles. The number of guanidine groups is 1. The Morgan fingerprint density at radius 1 is 1.26 bits per heavy atom. The number of aryl methyl sites for hydroxylation is 1. The van der Waals surface area contributed by atoms with Gasteiger partial charge < -0.3 is 15.4 Å². The smallest absolute Gasteiger partial charge is 0.191 e. The predicted octanol–water partition coefficient (Wildman–Crippen LogP) is 2.98. The van der Waals surface area contributed by atoms with Gasteiger partial charge in [-0.2, -0.15) is 0 Å². The number of aromatic nitrogens is 1. The van der Waals surface area contributed by atoms with E-state index in [9.17, 15) is 0 Å². The topological polar surface area (TPSA) is 58.5 Å². The summed E-state index contributed by atoms with van der Waals surface area (Å²) in [6, 6.07) is 9.87. The van der Waals surface area contributed by atoms with E-state index in [0.29, 0.717) is 13.2 Å². The summed E-state index contributed by atoms with van der Waals surface area (Å²) in [6.45, 7) is 7.07. The van der Waals surface area contributed by atoms with Crippen molar-refractivity contribution in [3.05, 3.63) is 46.4 Å². The minimum Gasteiger partial charge on any atom is -0.494 e. The minimum atomic E-state index is 0.654. The molecule has 0 fully saturated rings. The van der Waals surface area contributed by atoms with E-state index in [1.54, 1.807) is 11.3 Å². The Morgan fingerprint density at radius 3 is 2.78 bits per heavy atom. The Morgan fingerprint density at radius 2 is 2.09 bits per heavy atom. The largest absolute Gasteiger partial charge is 0.494 e. The fourth-order valence-electron chi connectivity index (χ4n) is 1.96. The van der Waals surface area contributed by atoms with Gasteiger partial charge in [0, 0.05) is 24.2 Å². The van der Waals surface area contributed by atoms with Crippen molar-refractivity contribution in [3.63, 3.8) is 0 Å². The van der Waals surface area contributed by atoms with Crippen molar-refractivity contribution in [2.24, 2.45) is 4.99 Å². The first-order chi connectivity index (χ1) is 11.3. The van der Waals surface area contributed by atoms with Gasteiger partial charge in [0.25, 0.3) is 0 Å². The van der Waals surface area contributed by atoms with E-state index in [4.69, 9.17) is 4.74 Å². The maximum atomic E-state index is 5.67. The van der Waals surface area contributed by atoms with Gasteiger partial charge in [-0.1, -0.05) is 18.2 Å². The van der Waals surface area contributed by atoms with E-state index in [1.165, 1.54) is 4.88 Å². The number of hydrogen-bond acceptors (Lipinski definition) is 4. The predicted molar refractivity (Wildman–Crippen MR) is 96.2 cm³/mol. The van der Waals surface area contributed by atoms with Crippen molar-refractivity contribution in [2.45, 2.75) is 26.8 Å². The zero-order valence-corrected chi connectivity index (χ0v) is 14.5. The zero-order valence-electron chi connectivity index (χ0n) is 13.7. The first kappa shape index (κ1) is 17.3. The molecule has 0 saturated carbocycles. The van der Waals surface area contributed by atoms with Crippen LogP contribution in [-0.4, -0.2) is 30.6 Å². The molecule has 0 unspecified atom stereocenters. The highest BCUT2D eigenvalue weighted by Gasteiger charge is 2.00. The van der Waals surface area contributed by atoms with E-state index in [0.717, 1.165) is 36.2 Å². The number of nitrogens with zero attached hydrogens (tertiary/aromatic N) is 2. The van der Waals surface area contributed by atoms with E-state index in [-0.39, 0.29) is 0 Å². The lowest BCUT2D eigenvalue weighted by Crippen LogP contribution is -2.38. The maximum absolute atomic E-state index is 5.67. The average Bonchev–Trinajstić information content (AvgIpc) is 2.98. The lowest BCUT2D eigenvalue weighted by atomic mass is 10.3. The summed E-state index contributed by atoms with van der Waals surface area (Å²) in [6.07, 6.45) is 2.81. The van der Waals surface area contributed by atoms with Crippen LogP contribution in [0.25, 0.3) is 0 Å². The minimum absolute atomic E-state index is 0.654. The lowest BCUT2D eigenvalue weighted by molar-refractivity contribution is 0.311. The Labute approximate surface area is 141 Å². The van der Waals surface area contributed by atoms with Crippen LogP contribution in [0.4, 0.5) is 0 Å². The van der Waals surface area contributed by atoms with Gasteiger partial charge in [0.15, 0.2) is 5.96 Å². The van der Waals surface area contributed by atoms with Gasteiger partial charge in [0.2, 0.25) is 0 Å². The third-order valence-electron chi connectivity index (χ3n) is 3.03. The standard InChI is InChI=1S/C17H24N4OS/c1-3-18-17(21-13-16-12-20-14(2)23-16)19-10-7-11-22-15-8-5-4-6-9-15/h4-6,8-9,12H,3,7,10-11,13H2,1-2H3,(H2,18,19,21). The summed E-state index contributed by atoms with van der Waals surface area (Å²) < 4.78 is 5.67. The highest BCUT2D eigenvalue weighted by molar-refractivity contribution is 7.11. The van der Waals surface area contributed by atoms with Crippen molar-refractivity contribution in [1.29, 1.82) is 0 Å². The molecule has 0 aliphatic heterocycles. The molecule has 2 rings (SSSR count). The number of nitrogens with one attached hydrogen (secondary N) is 2. The molecule has 0 amide bonds. The van der Waals surface area contributed by atoms with Crippen LogP contribution >= 0.6 is 11.3 Å². The van der Waals surface area contributed by atoms with Gasteiger partial charge in [-0.25, -0.2) is 9.98 Å². The zero-order chi connectivity index (χ0) is 16.3. The number of rotatable bonds is 8. The molecule has 0 bridgehead atoms. The van der Waals surface area contributed by atoms with Crippen LogP contribution < -0.4 is 15.4 Å². The molecule has 0 saturated heterocycles. The average molecular weight is 332 g/mol. The van der Waals surface area contributed by atoms with Crippen molar-refractivity contribution in [3.8, 4) is 5.75 Å². The SMILES string of the molecule is CCNC(=NCc1cnc(C)s1)NCCCOc1ccccc1. The molecule has 124 valence electrons. The molecule has 2 aromatic rings. The van der Waals surface area contributed by atoms with E-state index >= 15 is 0 Å². The van der Waals surface area contributed by atoms with Gasteiger partial charge in [-0.15, -0.1) is 11.3 Å². The molecule has 1 aromatic carbocycles. The first-order valence-corrected chi connectivity index (χ1v) is 8.71. The van der Waals surface area contributed by atoms with Crippen LogP contribution in [0, 0.1) is 6.92 Å². The van der Waals surface area contributed by atoms with Gasteiger partial charge in [0.05, 0.1) is 18.2 Å². The van der Waals surface area contributed by atoms with Crippen molar-refractivity contribution in [1.82, 2.24) is 15.6 Å². The van der Waals surface area contributed by atoms with E-state index < -0.39 is 0 Å². The summed E-state index contributed by atoms with van der Waals surface area (Å²) in [5, 5.41) is 7.65. The quantitative estimate of drug-likeness (QED) is 0.443. The summed E-state index contributed by atoms with van der Waals surface area (Å²) >= 11 is 1.68. The number of hydrogen-bond donors (Lipinski definition) is 2. The van der Waals surface area contributed by atoms with E-state index in [1.807, 2.05) is 43.5 Å². The first-order valence-electron chi connectivity index (χ1n) is 7.89. The molecular weight excluding hydrogens is 308 g/mol. The second kappa shape index (κ2) is 9.84. The van der Waals surface area contributed by atoms with Gasteiger partial charge >= 0.3 is 0 Å². The number of thiazole rings is 1. The number of aliphatic imine (C=N–C) groups is 1. The Bertz CT molecular complexity index is 598. The fourth-order valence-corrected chi connectivity index (χ4v) is 2.68. The molecule has 0 atom stereocenters. The Kier molecular flexibility index (Phi) is 7.39. The fraction of sp³-hybridized carbons (Fsp3) is 0.412. The Hall–Kier alpha value is -2.08. The van der Waals surface area contributed by atoms with Crippen molar-refractivity contribution in [2.75, 3.05) is 19.7 Å². The molecule has 6 heteroatoms. The summed E-state index contributed by atoms with van der Waals surface area (Å²) in [4.78, 5) is 10.00. The van der Waals surface area contributed by atoms with Crippen molar-refractivity contribution < 1.29 is 4.74 Å². The molecule has 0 spiro atoms. The van der Waals surface area contributed by atoms with Crippen LogP contribution in [0.2, 0.25) is 0 Å². The molecule has 0 aliphatic carbocycles. The third-order valence-corrected chi connectivity index (χ3v) is 3.93. The van der Waals surface area contributed by atoms with Crippen LogP contribution in [0.3, 0.4) is 0 Å². The lowest BCUT2D eigenvalue weighted by Gasteiger charge is -2.11. The highest BCUT2D eigenvalue weighted by atomic mass is 32.1. The second-order valence-electron chi connectivity index (χ2n) is 4.98. The second-order valence-corrected chi connectivity index (χ2v) is 6.30. The molecule has 5 nitrogen and oxygen atoms in total. The van der Waals surface area contributed by atoms with E-state index in [2.05, 4.69) is 27.5 Å². The molecule has 0 radical (unpaired) electrons. The summed E-state index contributed by atoms with van der Waals surface area (Å²) in [5.41, 5.74) is 0. The van der Waals surface area contributed by atoms with Crippen LogP contribution in [0.1, 0.15) is 23.2 Å². The molecule has 1 heterocycles. The number of para-hydroxylation sites is 1. The van der Waals surface area contributed by atoms with Crippen LogP contribution in [0.5, 0.6) is 5.75 Å². The maximum Gasteiger partial charge on any atom is 0.191 e. The highest BCUT2D eigenvalue weighted by Crippen LogP contribution is 2.12.